The number of rotatable bonds is 6. The molecule has 0 spiro atoms. The van der Waals surface area contributed by atoms with Gasteiger partial charge in [-0.25, -0.2) is 0 Å². The van der Waals surface area contributed by atoms with E-state index in [-0.39, 0.29) is 23.5 Å². The van der Waals surface area contributed by atoms with E-state index in [2.05, 4.69) is 12.2 Å². The van der Waals surface area contributed by atoms with E-state index in [1.807, 2.05) is 0 Å². The van der Waals surface area contributed by atoms with Gasteiger partial charge < -0.3 is 10.4 Å². The Balaban J connectivity index is 2.22. The fourth-order valence-corrected chi connectivity index (χ4v) is 3.00. The molecule has 0 aliphatic heterocycles. The zero-order valence-corrected chi connectivity index (χ0v) is 11.8. The molecule has 1 aliphatic carbocycles. The van der Waals surface area contributed by atoms with E-state index in [1.165, 1.54) is 38.5 Å². The van der Waals surface area contributed by atoms with Gasteiger partial charge in [0.15, 0.2) is 0 Å². The van der Waals surface area contributed by atoms with E-state index in [0.29, 0.717) is 5.92 Å². The van der Waals surface area contributed by atoms with Gasteiger partial charge in [0.2, 0.25) is 5.91 Å². The van der Waals surface area contributed by atoms with Crippen LogP contribution in [0.5, 0.6) is 0 Å². The van der Waals surface area contributed by atoms with Crippen molar-refractivity contribution in [3.05, 3.63) is 0 Å². The maximum Gasteiger partial charge on any atom is 0.313 e. The normalized spacial score (nSPS) is 18.9. The number of carbonyl (C=O) groups excluding carboxylic acids is 1. The molecule has 0 bridgehead atoms. The number of aliphatic carboxylic acids is 1. The van der Waals surface area contributed by atoms with Crippen LogP contribution in [-0.2, 0) is 9.59 Å². The number of carbonyl (C=O) groups is 2. The summed E-state index contributed by atoms with van der Waals surface area (Å²) >= 11 is 1.15. The molecule has 5 heteroatoms. The molecule has 4 nitrogen and oxygen atoms in total. The van der Waals surface area contributed by atoms with Gasteiger partial charge in [-0.15, -0.1) is 11.8 Å². The van der Waals surface area contributed by atoms with Gasteiger partial charge in [0, 0.05) is 6.04 Å². The predicted octanol–water partition coefficient (Wildman–Crippen LogP) is 2.28. The highest BCUT2D eigenvalue weighted by molar-refractivity contribution is 8.00. The van der Waals surface area contributed by atoms with Crippen LogP contribution in [0.15, 0.2) is 0 Å². The molecule has 0 saturated heterocycles. The van der Waals surface area contributed by atoms with Crippen LogP contribution < -0.4 is 5.32 Å². The number of carboxylic acids is 1. The van der Waals surface area contributed by atoms with Gasteiger partial charge in [-0.2, -0.15) is 0 Å². The summed E-state index contributed by atoms with van der Waals surface area (Å²) in [5.41, 5.74) is 0. The highest BCUT2D eigenvalue weighted by atomic mass is 32.2. The second-order valence-corrected chi connectivity index (χ2v) is 5.98. The fourth-order valence-electron chi connectivity index (χ4n) is 2.46. The molecule has 1 saturated carbocycles. The first kappa shape index (κ1) is 15.3. The molecule has 0 aromatic carbocycles. The molecule has 0 radical (unpaired) electrons. The topological polar surface area (TPSA) is 66.4 Å². The van der Waals surface area contributed by atoms with Crippen LogP contribution in [-0.4, -0.2) is 34.5 Å². The summed E-state index contributed by atoms with van der Waals surface area (Å²) < 4.78 is 0. The third kappa shape index (κ3) is 6.28. The molecule has 0 aromatic heterocycles. The van der Waals surface area contributed by atoms with Crippen LogP contribution >= 0.6 is 11.8 Å². The Labute approximate surface area is 113 Å². The smallest absolute Gasteiger partial charge is 0.313 e. The average molecular weight is 273 g/mol. The minimum Gasteiger partial charge on any atom is -0.481 e. The van der Waals surface area contributed by atoms with Crippen molar-refractivity contribution in [3.8, 4) is 0 Å². The van der Waals surface area contributed by atoms with E-state index in [9.17, 15) is 9.59 Å². The van der Waals surface area contributed by atoms with Crippen LogP contribution in [0.1, 0.15) is 45.4 Å². The lowest BCUT2D eigenvalue weighted by Crippen LogP contribution is -2.39. The van der Waals surface area contributed by atoms with Gasteiger partial charge in [-0.05, 0) is 25.7 Å². The number of carboxylic acid groups (broad SMARTS) is 1. The van der Waals surface area contributed by atoms with E-state index >= 15 is 0 Å². The molecule has 1 atom stereocenters. The van der Waals surface area contributed by atoms with E-state index < -0.39 is 5.97 Å². The second-order valence-electron chi connectivity index (χ2n) is 4.99. The Morgan fingerprint density at radius 2 is 1.83 bits per heavy atom. The predicted molar refractivity (Wildman–Crippen MR) is 73.8 cm³/mol. The molecule has 2 N–H and O–H groups in total. The minimum absolute atomic E-state index is 0.00870. The summed E-state index contributed by atoms with van der Waals surface area (Å²) in [5, 5.41) is 11.5. The van der Waals surface area contributed by atoms with Crippen molar-refractivity contribution in [2.24, 2.45) is 5.92 Å². The van der Waals surface area contributed by atoms with Crippen LogP contribution in [0.3, 0.4) is 0 Å². The number of thioether (sulfide) groups is 1. The van der Waals surface area contributed by atoms with Gasteiger partial charge in [0.05, 0.1) is 11.5 Å². The number of amides is 1. The van der Waals surface area contributed by atoms with Crippen molar-refractivity contribution in [3.63, 3.8) is 0 Å². The van der Waals surface area contributed by atoms with Crippen molar-refractivity contribution in [1.29, 1.82) is 0 Å². The van der Waals surface area contributed by atoms with Gasteiger partial charge in [0.1, 0.15) is 0 Å². The molecule has 1 amide bonds. The quantitative estimate of drug-likeness (QED) is 0.729. The van der Waals surface area contributed by atoms with E-state index in [4.69, 9.17) is 5.11 Å². The first-order valence-corrected chi connectivity index (χ1v) is 7.84. The van der Waals surface area contributed by atoms with Crippen molar-refractivity contribution >= 4 is 23.6 Å². The fraction of sp³-hybridized carbons (Fsp3) is 0.846. The molecule has 104 valence electrons. The van der Waals surface area contributed by atoms with Crippen LogP contribution in [0.4, 0.5) is 0 Å². The molecule has 0 aromatic rings. The number of hydrogen-bond donors (Lipinski definition) is 2. The van der Waals surface area contributed by atoms with Crippen molar-refractivity contribution in [2.75, 3.05) is 11.5 Å². The van der Waals surface area contributed by atoms with Gasteiger partial charge in [-0.3, -0.25) is 9.59 Å². The average Bonchev–Trinajstić information content (AvgIpc) is 2.56. The number of hydrogen-bond acceptors (Lipinski definition) is 3. The third-order valence-corrected chi connectivity index (χ3v) is 4.37. The Morgan fingerprint density at radius 3 is 2.39 bits per heavy atom. The Hall–Kier alpha value is -0.710. The molecular weight excluding hydrogens is 250 g/mol. The maximum atomic E-state index is 11.6. The van der Waals surface area contributed by atoms with Crippen LogP contribution in [0.25, 0.3) is 0 Å². The van der Waals surface area contributed by atoms with Gasteiger partial charge >= 0.3 is 5.97 Å². The first-order chi connectivity index (χ1) is 8.59. The van der Waals surface area contributed by atoms with E-state index in [0.717, 1.165) is 11.8 Å². The Bertz CT molecular complexity index is 275. The summed E-state index contributed by atoms with van der Waals surface area (Å²) in [6, 6.07) is 0.209. The van der Waals surface area contributed by atoms with Gasteiger partial charge in [0.25, 0.3) is 0 Å². The Morgan fingerprint density at radius 1 is 1.22 bits per heavy atom. The lowest BCUT2D eigenvalue weighted by Gasteiger charge is -2.23. The van der Waals surface area contributed by atoms with Crippen molar-refractivity contribution < 1.29 is 14.7 Å². The molecule has 1 fully saturated rings. The lowest BCUT2D eigenvalue weighted by molar-refractivity contribution is -0.133. The van der Waals surface area contributed by atoms with Crippen molar-refractivity contribution in [1.82, 2.24) is 5.32 Å². The maximum absolute atomic E-state index is 11.6. The SMILES string of the molecule is C[C@@H](NC(=O)CSCC(=O)O)C1CCCCCC1. The molecule has 0 heterocycles. The molecule has 1 rings (SSSR count). The molecule has 0 unspecified atom stereocenters. The van der Waals surface area contributed by atoms with Crippen LogP contribution in [0.2, 0.25) is 0 Å². The summed E-state index contributed by atoms with van der Waals surface area (Å²) in [6.07, 6.45) is 7.54. The van der Waals surface area contributed by atoms with Crippen molar-refractivity contribution in [2.45, 2.75) is 51.5 Å². The highest BCUT2D eigenvalue weighted by Crippen LogP contribution is 2.25. The monoisotopic (exact) mass is 273 g/mol. The number of nitrogens with one attached hydrogen (secondary N) is 1. The zero-order valence-electron chi connectivity index (χ0n) is 11.0. The van der Waals surface area contributed by atoms with Gasteiger partial charge in [-0.1, -0.05) is 25.7 Å². The summed E-state index contributed by atoms with van der Waals surface area (Å²) in [7, 11) is 0. The van der Waals surface area contributed by atoms with Crippen LogP contribution in [0, 0.1) is 5.92 Å². The summed E-state index contributed by atoms with van der Waals surface area (Å²) in [5.74, 6) is -0.0993. The third-order valence-electron chi connectivity index (χ3n) is 3.45. The standard InChI is InChI=1S/C13H23NO3S/c1-10(11-6-4-2-3-5-7-11)14-12(15)8-18-9-13(16)17/h10-11H,2-9H2,1H3,(H,14,15)(H,16,17)/t10-/m1/s1. The molecule has 18 heavy (non-hydrogen) atoms. The second kappa shape index (κ2) is 8.40. The molecular formula is C13H23NO3S. The first-order valence-electron chi connectivity index (χ1n) is 6.68. The summed E-state index contributed by atoms with van der Waals surface area (Å²) in [6.45, 7) is 2.07. The summed E-state index contributed by atoms with van der Waals surface area (Å²) in [4.78, 5) is 22.0. The largest absolute Gasteiger partial charge is 0.481 e. The lowest BCUT2D eigenvalue weighted by atomic mass is 9.93. The highest BCUT2D eigenvalue weighted by Gasteiger charge is 2.20. The van der Waals surface area contributed by atoms with E-state index in [1.54, 1.807) is 0 Å². The molecule has 1 aliphatic rings. The Kier molecular flexibility index (Phi) is 7.16. The zero-order chi connectivity index (χ0) is 13.4. The minimum atomic E-state index is -0.871.